The molecule has 6 nitrogen and oxygen atoms in total. The molecule has 2 N–H and O–H groups in total. The standard InChI is InChI=1S/C22H31N5O/c1-17(2)16-24-22(23-12-9-20-7-5-15-28-20)26-19-10-13-27(14-11-19)21-8-4-6-18(3)25-21/h4-8,15,19H,1,9-14,16H2,2-3H3,(H2,23,24,26). The van der Waals surface area contributed by atoms with E-state index in [1.54, 1.807) is 6.26 Å². The van der Waals surface area contributed by atoms with Gasteiger partial charge in [-0.05, 0) is 51.0 Å². The Morgan fingerprint density at radius 1 is 1.29 bits per heavy atom. The van der Waals surface area contributed by atoms with E-state index in [9.17, 15) is 0 Å². The van der Waals surface area contributed by atoms with Crippen LogP contribution in [0.3, 0.4) is 0 Å². The molecule has 0 atom stereocenters. The number of hydrogen-bond acceptors (Lipinski definition) is 4. The molecule has 0 radical (unpaired) electrons. The number of aryl methyl sites for hydroxylation is 1. The van der Waals surface area contributed by atoms with Crippen LogP contribution in [-0.4, -0.2) is 43.2 Å². The van der Waals surface area contributed by atoms with Crippen LogP contribution in [0, 0.1) is 6.92 Å². The number of nitrogens with one attached hydrogen (secondary N) is 2. The number of rotatable bonds is 7. The minimum absolute atomic E-state index is 0.404. The zero-order chi connectivity index (χ0) is 19.8. The Morgan fingerprint density at radius 2 is 2.11 bits per heavy atom. The van der Waals surface area contributed by atoms with E-state index in [1.165, 1.54) is 0 Å². The second-order valence-electron chi connectivity index (χ2n) is 7.42. The van der Waals surface area contributed by atoms with Crippen LogP contribution in [0.5, 0.6) is 0 Å². The van der Waals surface area contributed by atoms with E-state index < -0.39 is 0 Å². The van der Waals surface area contributed by atoms with Crippen LogP contribution in [0.4, 0.5) is 5.82 Å². The van der Waals surface area contributed by atoms with Crippen molar-refractivity contribution in [2.45, 2.75) is 39.2 Å². The molecule has 0 amide bonds. The van der Waals surface area contributed by atoms with Crippen LogP contribution in [0.1, 0.15) is 31.2 Å². The highest BCUT2D eigenvalue weighted by Gasteiger charge is 2.21. The smallest absolute Gasteiger partial charge is 0.191 e. The van der Waals surface area contributed by atoms with Gasteiger partial charge in [-0.15, -0.1) is 0 Å². The Labute approximate surface area is 167 Å². The first-order valence-electron chi connectivity index (χ1n) is 10.0. The molecule has 6 heteroatoms. The van der Waals surface area contributed by atoms with E-state index in [0.29, 0.717) is 12.6 Å². The number of anilines is 1. The Kier molecular flexibility index (Phi) is 7.12. The number of hydrogen-bond donors (Lipinski definition) is 2. The lowest BCUT2D eigenvalue weighted by Gasteiger charge is -2.34. The van der Waals surface area contributed by atoms with Crippen molar-refractivity contribution in [2.75, 3.05) is 31.1 Å². The summed E-state index contributed by atoms with van der Waals surface area (Å²) in [5.74, 6) is 2.90. The van der Waals surface area contributed by atoms with E-state index in [0.717, 1.165) is 67.7 Å². The summed E-state index contributed by atoms with van der Waals surface area (Å²) in [5, 5.41) is 7.02. The number of aromatic nitrogens is 1. The average molecular weight is 382 g/mol. The summed E-state index contributed by atoms with van der Waals surface area (Å²) >= 11 is 0. The lowest BCUT2D eigenvalue weighted by molar-refractivity contribution is 0.458. The minimum atomic E-state index is 0.404. The summed E-state index contributed by atoms with van der Waals surface area (Å²) in [6.07, 6.45) is 4.65. The van der Waals surface area contributed by atoms with Gasteiger partial charge in [0.15, 0.2) is 5.96 Å². The Hall–Kier alpha value is -2.76. The fourth-order valence-corrected chi connectivity index (χ4v) is 3.28. The average Bonchev–Trinajstić information content (AvgIpc) is 3.20. The third-order valence-electron chi connectivity index (χ3n) is 4.78. The van der Waals surface area contributed by atoms with Crippen molar-refractivity contribution in [1.82, 2.24) is 15.6 Å². The number of pyridine rings is 1. The molecule has 1 saturated heterocycles. The Balaban J connectivity index is 1.50. The lowest BCUT2D eigenvalue weighted by atomic mass is 10.1. The number of piperidine rings is 1. The first kappa shape index (κ1) is 20.0. The fraction of sp³-hybridized carbons (Fsp3) is 0.455. The van der Waals surface area contributed by atoms with Crippen molar-refractivity contribution in [1.29, 1.82) is 0 Å². The highest BCUT2D eigenvalue weighted by Crippen LogP contribution is 2.18. The van der Waals surface area contributed by atoms with Gasteiger partial charge in [0.05, 0.1) is 12.8 Å². The first-order valence-corrected chi connectivity index (χ1v) is 10.0. The van der Waals surface area contributed by atoms with Crippen LogP contribution in [0.2, 0.25) is 0 Å². The molecule has 150 valence electrons. The molecule has 0 aromatic carbocycles. The number of guanidine groups is 1. The molecule has 1 aliphatic heterocycles. The van der Waals surface area contributed by atoms with Gasteiger partial charge in [-0.1, -0.05) is 18.2 Å². The van der Waals surface area contributed by atoms with Crippen LogP contribution in [0.25, 0.3) is 0 Å². The maximum absolute atomic E-state index is 5.40. The largest absolute Gasteiger partial charge is 0.469 e. The van der Waals surface area contributed by atoms with Gasteiger partial charge < -0.3 is 20.0 Å². The summed E-state index contributed by atoms with van der Waals surface area (Å²) in [7, 11) is 0. The van der Waals surface area contributed by atoms with Gasteiger partial charge in [0.2, 0.25) is 0 Å². The zero-order valence-electron chi connectivity index (χ0n) is 16.9. The topological polar surface area (TPSA) is 65.7 Å². The third-order valence-corrected chi connectivity index (χ3v) is 4.78. The van der Waals surface area contributed by atoms with E-state index in [-0.39, 0.29) is 0 Å². The molecule has 1 aliphatic rings. The predicted molar refractivity (Wildman–Crippen MR) is 115 cm³/mol. The van der Waals surface area contributed by atoms with Crippen LogP contribution in [0.15, 0.2) is 58.2 Å². The summed E-state index contributed by atoms with van der Waals surface area (Å²) in [5.41, 5.74) is 2.11. The molecule has 0 aliphatic carbocycles. The zero-order valence-corrected chi connectivity index (χ0v) is 16.9. The monoisotopic (exact) mass is 381 g/mol. The Bertz CT molecular complexity index is 776. The molecule has 28 heavy (non-hydrogen) atoms. The normalized spacial score (nSPS) is 15.5. The maximum Gasteiger partial charge on any atom is 0.191 e. The molecule has 2 aromatic rings. The molecule has 0 saturated carbocycles. The molecule has 0 spiro atoms. The van der Waals surface area contributed by atoms with Gasteiger partial charge in [0, 0.05) is 37.8 Å². The molecule has 3 heterocycles. The predicted octanol–water partition coefficient (Wildman–Crippen LogP) is 3.31. The molecule has 2 aromatic heterocycles. The SMILES string of the molecule is C=C(C)CN=C(NCCc1ccco1)NC1CCN(c2cccc(C)n2)CC1. The van der Waals surface area contributed by atoms with Gasteiger partial charge in [0.1, 0.15) is 11.6 Å². The van der Waals surface area contributed by atoms with E-state index in [1.807, 2.05) is 32.0 Å². The highest BCUT2D eigenvalue weighted by atomic mass is 16.3. The quantitative estimate of drug-likeness (QED) is 0.438. The van der Waals surface area contributed by atoms with E-state index >= 15 is 0 Å². The molecular formula is C22H31N5O. The van der Waals surface area contributed by atoms with Crippen molar-refractivity contribution in [3.05, 3.63) is 60.2 Å². The van der Waals surface area contributed by atoms with Gasteiger partial charge in [-0.2, -0.15) is 0 Å². The molecule has 3 rings (SSSR count). The maximum atomic E-state index is 5.40. The summed E-state index contributed by atoms with van der Waals surface area (Å²) < 4.78 is 5.40. The number of aliphatic imine (C=N–C) groups is 1. The van der Waals surface area contributed by atoms with Crippen molar-refractivity contribution in [3.63, 3.8) is 0 Å². The first-order chi connectivity index (χ1) is 13.6. The second kappa shape index (κ2) is 9.97. The van der Waals surface area contributed by atoms with E-state index in [2.05, 4.69) is 44.2 Å². The van der Waals surface area contributed by atoms with Gasteiger partial charge in [0.25, 0.3) is 0 Å². The molecule has 1 fully saturated rings. The summed E-state index contributed by atoms with van der Waals surface area (Å²) in [6, 6.07) is 10.5. The number of furan rings is 1. The number of nitrogens with zero attached hydrogens (tertiary/aromatic N) is 3. The summed E-state index contributed by atoms with van der Waals surface area (Å²) in [4.78, 5) is 11.7. The van der Waals surface area contributed by atoms with Crippen LogP contribution >= 0.6 is 0 Å². The molecular weight excluding hydrogens is 350 g/mol. The van der Waals surface area contributed by atoms with Crippen molar-refractivity contribution < 1.29 is 4.42 Å². The van der Waals surface area contributed by atoms with Gasteiger partial charge in [-0.3, -0.25) is 0 Å². The minimum Gasteiger partial charge on any atom is -0.469 e. The van der Waals surface area contributed by atoms with Crippen LogP contribution < -0.4 is 15.5 Å². The second-order valence-corrected chi connectivity index (χ2v) is 7.42. The molecule has 0 unspecified atom stereocenters. The van der Waals surface area contributed by atoms with Crippen molar-refractivity contribution >= 4 is 11.8 Å². The Morgan fingerprint density at radius 3 is 2.79 bits per heavy atom. The highest BCUT2D eigenvalue weighted by molar-refractivity contribution is 5.80. The van der Waals surface area contributed by atoms with Gasteiger partial charge >= 0.3 is 0 Å². The molecule has 0 bridgehead atoms. The fourth-order valence-electron chi connectivity index (χ4n) is 3.28. The van der Waals surface area contributed by atoms with Crippen molar-refractivity contribution in [3.8, 4) is 0 Å². The third kappa shape index (κ3) is 6.15. The van der Waals surface area contributed by atoms with Gasteiger partial charge in [-0.25, -0.2) is 9.98 Å². The van der Waals surface area contributed by atoms with Crippen molar-refractivity contribution in [2.24, 2.45) is 4.99 Å². The van der Waals surface area contributed by atoms with E-state index in [4.69, 9.17) is 4.42 Å². The summed E-state index contributed by atoms with van der Waals surface area (Å²) in [6.45, 7) is 11.4. The lowest BCUT2D eigenvalue weighted by Crippen LogP contribution is -2.49. The van der Waals surface area contributed by atoms with Crippen LogP contribution in [-0.2, 0) is 6.42 Å².